The van der Waals surface area contributed by atoms with Crippen LogP contribution in [0.4, 0.5) is 26.3 Å². The van der Waals surface area contributed by atoms with Crippen LogP contribution in [0.3, 0.4) is 0 Å². The van der Waals surface area contributed by atoms with E-state index in [1.165, 1.54) is 48.5 Å². The molecule has 0 spiro atoms. The van der Waals surface area contributed by atoms with Crippen LogP contribution in [0.25, 0.3) is 0 Å². The molecule has 178 valence electrons. The monoisotopic (exact) mass is 550 g/mol. The van der Waals surface area contributed by atoms with Gasteiger partial charge in [-0.25, -0.2) is 0 Å². The predicted molar refractivity (Wildman–Crippen MR) is 105 cm³/mol. The third-order valence-electron chi connectivity index (χ3n) is 3.47. The molecule has 33 heavy (non-hydrogen) atoms. The van der Waals surface area contributed by atoms with E-state index in [2.05, 4.69) is 0 Å². The summed E-state index contributed by atoms with van der Waals surface area (Å²) in [5.74, 6) is -5.68. The van der Waals surface area contributed by atoms with Crippen LogP contribution in [0.15, 0.2) is 60.7 Å². The molecule has 13 heteroatoms. The minimum absolute atomic E-state index is 0.107. The second kappa shape index (κ2) is 15.0. The third kappa shape index (κ3) is 13.3. The summed E-state index contributed by atoms with van der Waals surface area (Å²) in [5, 5.41) is 0. The van der Waals surface area contributed by atoms with Crippen molar-refractivity contribution >= 4 is 41.7 Å². The molecule has 2 rings (SSSR count). The van der Waals surface area contributed by atoms with Gasteiger partial charge in [0.25, 0.3) is 0 Å². The molecular formula is C20H14Cl2F6O4Ti. The number of hydrogen-bond acceptors (Lipinski definition) is 4. The fourth-order valence-electron chi connectivity index (χ4n) is 1.94. The van der Waals surface area contributed by atoms with Gasteiger partial charge in [0.2, 0.25) is 11.6 Å². The Morgan fingerprint density at radius 1 is 0.606 bits per heavy atom. The number of rotatable bonds is 6. The Morgan fingerprint density at radius 3 is 1.06 bits per heavy atom. The zero-order valence-electron chi connectivity index (χ0n) is 16.3. The molecule has 0 aliphatic rings. The summed E-state index contributed by atoms with van der Waals surface area (Å²) in [7, 11) is 9.78. The number of carbonyl (C=O) groups excluding carboxylic acids is 4. The molecule has 0 aliphatic heterocycles. The first-order valence-electron chi connectivity index (χ1n) is 8.56. The number of carbonyl (C=O) groups is 4. The molecule has 0 aliphatic carbocycles. The average Bonchev–Trinajstić information content (AvgIpc) is 2.74. The molecule has 0 unspecified atom stereocenters. The van der Waals surface area contributed by atoms with Gasteiger partial charge >= 0.3 is 48.0 Å². The van der Waals surface area contributed by atoms with Crippen LogP contribution in [0.1, 0.15) is 33.6 Å². The molecule has 0 N–H and O–H groups in total. The SMILES string of the molecule is O=C(CC(=O)C(F)(F)F)c1ccccc1.O=C(CC(=O)C(F)(F)F)c1ccccc1.[Cl][Ti][Cl]. The number of hydrogen-bond donors (Lipinski definition) is 0. The van der Waals surface area contributed by atoms with E-state index in [0.717, 1.165) is 0 Å². The van der Waals surface area contributed by atoms with Crippen molar-refractivity contribution in [1.29, 1.82) is 0 Å². The summed E-state index contributed by atoms with van der Waals surface area (Å²) in [6, 6.07) is 14.8. The summed E-state index contributed by atoms with van der Waals surface area (Å²) >= 11 is -0.556. The summed E-state index contributed by atoms with van der Waals surface area (Å²) < 4.78 is 70.9. The molecular weight excluding hydrogens is 537 g/mol. The van der Waals surface area contributed by atoms with Gasteiger partial charge < -0.3 is 0 Å². The van der Waals surface area contributed by atoms with E-state index in [1.54, 1.807) is 12.1 Å². The van der Waals surface area contributed by atoms with Crippen molar-refractivity contribution in [2.45, 2.75) is 25.2 Å². The van der Waals surface area contributed by atoms with Gasteiger partial charge in [0.05, 0.1) is 12.8 Å². The number of Topliss-reactive ketones (excluding diaryl/α,β-unsaturated/α-hetero) is 4. The van der Waals surface area contributed by atoms with E-state index >= 15 is 0 Å². The van der Waals surface area contributed by atoms with Crippen molar-refractivity contribution < 1.29 is 62.6 Å². The number of benzene rings is 2. The Morgan fingerprint density at radius 2 is 0.848 bits per heavy atom. The van der Waals surface area contributed by atoms with Crippen LogP contribution in [0.2, 0.25) is 0 Å². The summed E-state index contributed by atoms with van der Waals surface area (Å²) in [6.45, 7) is 0. The van der Waals surface area contributed by atoms with Crippen molar-refractivity contribution in [2.24, 2.45) is 0 Å². The molecule has 0 atom stereocenters. The predicted octanol–water partition coefficient (Wildman–Crippen LogP) is 6.16. The maximum atomic E-state index is 11.8. The summed E-state index contributed by atoms with van der Waals surface area (Å²) in [4.78, 5) is 43.4. The molecule has 2 aromatic rings. The van der Waals surface area contributed by atoms with Crippen LogP contribution < -0.4 is 0 Å². The van der Waals surface area contributed by atoms with Gasteiger partial charge in [-0.05, 0) is 0 Å². The van der Waals surface area contributed by atoms with E-state index in [0.29, 0.717) is 0 Å². The van der Waals surface area contributed by atoms with Crippen LogP contribution in [-0.4, -0.2) is 35.5 Å². The number of halogens is 8. The van der Waals surface area contributed by atoms with Crippen molar-refractivity contribution in [2.75, 3.05) is 0 Å². The van der Waals surface area contributed by atoms with E-state index < -0.39 is 65.4 Å². The Hall–Kier alpha value is -2.01. The van der Waals surface area contributed by atoms with Gasteiger partial charge in [-0.2, -0.15) is 26.3 Å². The van der Waals surface area contributed by atoms with Crippen LogP contribution in [0.5, 0.6) is 0 Å². The van der Waals surface area contributed by atoms with Gasteiger partial charge in [-0.3, -0.25) is 19.2 Å². The quantitative estimate of drug-likeness (QED) is 0.187. The minimum atomic E-state index is -4.94. The Bertz CT molecular complexity index is 844. The number of ketones is 4. The number of alkyl halides is 6. The molecule has 0 amide bonds. The normalized spacial score (nSPS) is 10.5. The standard InChI is InChI=1S/2C10H7F3O2.2ClH.Ti/c2*11-10(12,13)9(15)6-8(14)7-4-2-1-3-5-7;;;/h2*1-5H,6H2;2*1H;/q;;;;+2/p-2. The van der Waals surface area contributed by atoms with Crippen LogP contribution in [-0.2, 0) is 26.6 Å². The second-order valence-corrected chi connectivity index (χ2v) is 8.42. The van der Waals surface area contributed by atoms with Crippen molar-refractivity contribution in [3.8, 4) is 0 Å². The van der Waals surface area contributed by atoms with Gasteiger partial charge in [-0.1, -0.05) is 60.7 Å². The average molecular weight is 551 g/mol. The summed E-state index contributed by atoms with van der Waals surface area (Å²) in [6.07, 6.45) is -12.1. The van der Waals surface area contributed by atoms with E-state index in [-0.39, 0.29) is 11.1 Å². The molecule has 0 fully saturated rings. The van der Waals surface area contributed by atoms with Gasteiger partial charge in [0.15, 0.2) is 11.6 Å². The molecule has 0 saturated heterocycles. The summed E-state index contributed by atoms with van der Waals surface area (Å²) in [5.41, 5.74) is 0.213. The van der Waals surface area contributed by atoms with Crippen LogP contribution in [0, 0.1) is 0 Å². The maximum absolute atomic E-state index is 11.8. The van der Waals surface area contributed by atoms with Crippen LogP contribution >= 0.6 is 18.6 Å². The van der Waals surface area contributed by atoms with E-state index in [1.807, 2.05) is 0 Å². The zero-order chi connectivity index (χ0) is 25.7. The molecule has 4 nitrogen and oxygen atoms in total. The fraction of sp³-hybridized carbons (Fsp3) is 0.200. The van der Waals surface area contributed by atoms with Gasteiger partial charge in [0, 0.05) is 11.1 Å². The first-order valence-corrected chi connectivity index (χ1v) is 12.9. The van der Waals surface area contributed by atoms with E-state index in [4.69, 9.17) is 18.6 Å². The first-order chi connectivity index (χ1) is 15.2. The molecule has 0 radical (unpaired) electrons. The van der Waals surface area contributed by atoms with Crippen molar-refractivity contribution in [3.63, 3.8) is 0 Å². The van der Waals surface area contributed by atoms with Crippen molar-refractivity contribution in [1.82, 2.24) is 0 Å². The molecule has 0 aromatic heterocycles. The Labute approximate surface area is 200 Å². The first kappa shape index (κ1) is 31.0. The Balaban J connectivity index is 0.000000555. The van der Waals surface area contributed by atoms with Crippen molar-refractivity contribution in [3.05, 3.63) is 71.8 Å². The fourth-order valence-corrected chi connectivity index (χ4v) is 1.94. The van der Waals surface area contributed by atoms with Gasteiger partial charge in [0.1, 0.15) is 0 Å². The topological polar surface area (TPSA) is 68.3 Å². The Kier molecular flexibility index (Phi) is 14.1. The zero-order valence-corrected chi connectivity index (χ0v) is 19.4. The molecule has 0 saturated carbocycles. The second-order valence-electron chi connectivity index (χ2n) is 5.85. The van der Waals surface area contributed by atoms with E-state index in [9.17, 15) is 45.5 Å². The third-order valence-corrected chi connectivity index (χ3v) is 3.47. The van der Waals surface area contributed by atoms with Gasteiger partial charge in [-0.15, -0.1) is 0 Å². The molecule has 0 bridgehead atoms. The molecule has 2 aromatic carbocycles. The molecule has 0 heterocycles.